The Labute approximate surface area is 201 Å². The van der Waals surface area contributed by atoms with E-state index >= 15 is 4.39 Å². The Morgan fingerprint density at radius 3 is 1.85 bits per heavy atom. The minimum atomic E-state index is -2.36. The van der Waals surface area contributed by atoms with E-state index in [1.807, 2.05) is 91.0 Å². The highest BCUT2D eigenvalue weighted by Crippen LogP contribution is 2.20. The molecule has 6 nitrogen and oxygen atoms in total. The van der Waals surface area contributed by atoms with Gasteiger partial charge in [0.15, 0.2) is 5.82 Å². The fourth-order valence-electron chi connectivity index (χ4n) is 3.49. The predicted molar refractivity (Wildman–Crippen MR) is 130 cm³/mol. The second-order valence-corrected chi connectivity index (χ2v) is 8.07. The molecule has 8 heteroatoms. The third-order valence-corrected chi connectivity index (χ3v) is 5.05. The molecule has 0 aliphatic carbocycles. The minimum absolute atomic E-state index is 0.217. The second-order valence-electron chi connectivity index (χ2n) is 7.55. The third kappa shape index (κ3) is 8.31. The Morgan fingerprint density at radius 1 is 0.853 bits per heavy atom. The van der Waals surface area contributed by atoms with Gasteiger partial charge in [0.1, 0.15) is 5.69 Å². The Balaban J connectivity index is 0.000000751. The van der Waals surface area contributed by atoms with Crippen molar-refractivity contribution in [2.24, 2.45) is 5.14 Å². The van der Waals surface area contributed by atoms with Gasteiger partial charge in [-0.05, 0) is 16.7 Å². The molecule has 0 saturated carbocycles. The normalized spacial score (nSPS) is 11.5. The number of hydrogen-bond acceptors (Lipinski definition) is 4. The number of nitrogens with two attached hydrogens (primary N) is 1. The number of nitrogens with zero attached hydrogens (tertiary/aromatic N) is 2. The van der Waals surface area contributed by atoms with Crippen LogP contribution in [0.2, 0.25) is 0 Å². The summed E-state index contributed by atoms with van der Waals surface area (Å²) in [6.45, 7) is 1.53. The van der Waals surface area contributed by atoms with E-state index in [0.29, 0.717) is 44.0 Å². The average molecular weight is 481 g/mol. The molecule has 1 unspecified atom stereocenters. The first-order chi connectivity index (χ1) is 16.5. The van der Waals surface area contributed by atoms with Gasteiger partial charge in [-0.3, -0.25) is 14.0 Å². The summed E-state index contributed by atoms with van der Waals surface area (Å²) in [4.78, 5) is 0. The van der Waals surface area contributed by atoms with Crippen LogP contribution in [0.15, 0.2) is 91.0 Å². The maximum absolute atomic E-state index is 15.3. The van der Waals surface area contributed by atoms with Crippen LogP contribution in [-0.2, 0) is 42.0 Å². The minimum Gasteiger partial charge on any atom is -0.760 e. The molecule has 1 atom stereocenters. The van der Waals surface area contributed by atoms with E-state index in [9.17, 15) is 0 Å². The summed E-state index contributed by atoms with van der Waals surface area (Å²) in [5.74, 6) is -0.217. The molecule has 0 aliphatic rings. The van der Waals surface area contributed by atoms with E-state index in [-0.39, 0.29) is 5.82 Å². The first-order valence-electron chi connectivity index (χ1n) is 10.8. The van der Waals surface area contributed by atoms with Gasteiger partial charge in [0, 0.05) is 24.1 Å². The van der Waals surface area contributed by atoms with Crippen molar-refractivity contribution in [3.63, 3.8) is 0 Å². The van der Waals surface area contributed by atoms with Gasteiger partial charge in [-0.15, -0.1) is 0 Å². The van der Waals surface area contributed by atoms with Crippen molar-refractivity contribution < 1.29 is 17.9 Å². The zero-order valence-electron chi connectivity index (χ0n) is 18.7. The van der Waals surface area contributed by atoms with Gasteiger partial charge in [0.25, 0.3) is 0 Å². The lowest BCUT2D eigenvalue weighted by Crippen LogP contribution is -2.11. The van der Waals surface area contributed by atoms with Crippen LogP contribution in [-0.4, -0.2) is 25.1 Å². The lowest BCUT2D eigenvalue weighted by atomic mass is 10.1. The standard InChI is InChI=1S/C26H25FN2O.H3NO2S/c27-26-24(18-21-10-4-1-5-11-21)28-29(25(26)19-22-12-6-2-7-13-22)16-17-30-20-23-14-8-3-9-15-23;1-4(2)3/h1-15H,16-20H2;1H2,(H,2,3)/p-1. The van der Waals surface area contributed by atoms with Gasteiger partial charge in [0.05, 0.1) is 25.5 Å². The molecule has 1 aromatic heterocycles. The summed E-state index contributed by atoms with van der Waals surface area (Å²) in [5.41, 5.74) is 4.32. The van der Waals surface area contributed by atoms with Gasteiger partial charge in [0.2, 0.25) is 0 Å². The van der Waals surface area contributed by atoms with Crippen molar-refractivity contribution in [1.29, 1.82) is 0 Å². The summed E-state index contributed by atoms with van der Waals surface area (Å²) >= 11 is -2.36. The topological polar surface area (TPSA) is 93.2 Å². The second kappa shape index (κ2) is 13.5. The molecule has 34 heavy (non-hydrogen) atoms. The molecule has 0 aliphatic heterocycles. The predicted octanol–water partition coefficient (Wildman–Crippen LogP) is 4.16. The number of ether oxygens (including phenoxy) is 1. The third-order valence-electron chi connectivity index (χ3n) is 5.05. The van der Waals surface area contributed by atoms with Gasteiger partial charge in [-0.1, -0.05) is 91.0 Å². The van der Waals surface area contributed by atoms with E-state index in [4.69, 9.17) is 13.5 Å². The van der Waals surface area contributed by atoms with Crippen molar-refractivity contribution in [3.05, 3.63) is 125 Å². The average Bonchev–Trinajstić information content (AvgIpc) is 3.12. The van der Waals surface area contributed by atoms with Crippen LogP contribution in [0, 0.1) is 5.82 Å². The van der Waals surface area contributed by atoms with Gasteiger partial charge < -0.3 is 9.29 Å². The molecule has 0 bridgehead atoms. The molecule has 0 radical (unpaired) electrons. The molecule has 2 N–H and O–H groups in total. The zero-order valence-corrected chi connectivity index (χ0v) is 19.5. The van der Waals surface area contributed by atoms with Crippen LogP contribution in [0.5, 0.6) is 0 Å². The number of benzene rings is 3. The number of aromatic nitrogens is 2. The fourth-order valence-corrected chi connectivity index (χ4v) is 3.49. The molecule has 4 aromatic rings. The molecule has 1 heterocycles. The summed E-state index contributed by atoms with van der Waals surface area (Å²) in [6, 6.07) is 29.9. The van der Waals surface area contributed by atoms with Crippen molar-refractivity contribution in [2.45, 2.75) is 26.0 Å². The van der Waals surface area contributed by atoms with Crippen molar-refractivity contribution in [2.75, 3.05) is 6.61 Å². The van der Waals surface area contributed by atoms with E-state index in [1.165, 1.54) is 0 Å². The highest BCUT2D eigenvalue weighted by molar-refractivity contribution is 7.76. The molecular weight excluding hydrogens is 453 g/mol. The zero-order chi connectivity index (χ0) is 24.2. The van der Waals surface area contributed by atoms with Crippen LogP contribution < -0.4 is 5.14 Å². The molecule has 0 amide bonds. The lowest BCUT2D eigenvalue weighted by molar-refractivity contribution is 0.110. The van der Waals surface area contributed by atoms with Crippen molar-refractivity contribution in [3.8, 4) is 0 Å². The smallest absolute Gasteiger partial charge is 0.168 e. The van der Waals surface area contributed by atoms with Gasteiger partial charge in [-0.2, -0.15) is 5.10 Å². The molecule has 4 rings (SSSR count). The maximum atomic E-state index is 15.3. The maximum Gasteiger partial charge on any atom is 0.168 e. The molecule has 0 fully saturated rings. The van der Waals surface area contributed by atoms with E-state index in [0.717, 1.165) is 16.7 Å². The van der Waals surface area contributed by atoms with E-state index < -0.39 is 11.3 Å². The Morgan fingerprint density at radius 2 is 1.32 bits per heavy atom. The fraction of sp³-hybridized carbons (Fsp3) is 0.192. The molecule has 0 spiro atoms. The van der Waals surface area contributed by atoms with Crippen LogP contribution in [0.1, 0.15) is 28.1 Å². The summed E-state index contributed by atoms with van der Waals surface area (Å²) in [6.07, 6.45) is 0.986. The number of halogens is 1. The van der Waals surface area contributed by atoms with E-state index in [2.05, 4.69) is 10.2 Å². The first-order valence-corrected chi connectivity index (χ1v) is 11.9. The molecule has 0 saturated heterocycles. The summed E-state index contributed by atoms with van der Waals surface area (Å²) in [5, 5.41) is 8.64. The van der Waals surface area contributed by atoms with Crippen LogP contribution in [0.4, 0.5) is 4.39 Å². The first kappa shape index (κ1) is 25.5. The summed E-state index contributed by atoms with van der Waals surface area (Å²) in [7, 11) is 0. The lowest BCUT2D eigenvalue weighted by Gasteiger charge is -2.09. The SMILES string of the molecule is Fc1c(Cc2ccccc2)nn(CCOCc2ccccc2)c1Cc1ccccc1.NS(=O)[O-]. The van der Waals surface area contributed by atoms with Gasteiger partial charge in [-0.25, -0.2) is 4.39 Å². The Hall–Kier alpha value is -3.17. The molecule has 3 aromatic carbocycles. The van der Waals surface area contributed by atoms with Crippen LogP contribution in [0.3, 0.4) is 0 Å². The highest BCUT2D eigenvalue weighted by atomic mass is 32.2. The molecule has 178 valence electrons. The monoisotopic (exact) mass is 480 g/mol. The van der Waals surface area contributed by atoms with Crippen molar-refractivity contribution in [1.82, 2.24) is 9.78 Å². The Bertz CT molecular complexity index is 1150. The largest absolute Gasteiger partial charge is 0.760 e. The van der Waals surface area contributed by atoms with Crippen LogP contribution >= 0.6 is 0 Å². The number of rotatable bonds is 9. The quantitative estimate of drug-likeness (QED) is 0.288. The highest BCUT2D eigenvalue weighted by Gasteiger charge is 2.18. The molecular formula is C26H27FN3O3S-. The Kier molecular flexibility index (Phi) is 10.1. The van der Waals surface area contributed by atoms with Gasteiger partial charge >= 0.3 is 0 Å². The van der Waals surface area contributed by atoms with Crippen molar-refractivity contribution >= 4 is 11.3 Å². The van der Waals surface area contributed by atoms with Crippen LogP contribution in [0.25, 0.3) is 0 Å². The number of hydrogen-bond donors (Lipinski definition) is 1. The van der Waals surface area contributed by atoms with E-state index in [1.54, 1.807) is 4.68 Å². The summed E-state index contributed by atoms with van der Waals surface area (Å²) < 4.78 is 40.5.